The minimum absolute atomic E-state index is 0.0384. The average molecular weight is 392 g/mol. The fourth-order valence-electron chi connectivity index (χ4n) is 2.73. The second kappa shape index (κ2) is 6.83. The molecule has 1 saturated heterocycles. The van der Waals surface area contributed by atoms with Gasteiger partial charge in [0.25, 0.3) is 0 Å². The van der Waals surface area contributed by atoms with E-state index in [9.17, 15) is 13.2 Å². The van der Waals surface area contributed by atoms with Crippen LogP contribution in [0.15, 0.2) is 29.2 Å². The van der Waals surface area contributed by atoms with Crippen LogP contribution < -0.4 is 0 Å². The van der Waals surface area contributed by atoms with Crippen molar-refractivity contribution in [1.29, 1.82) is 0 Å². The smallest absolute Gasteiger partial charge is 0.338 e. The summed E-state index contributed by atoms with van der Waals surface area (Å²) in [5.41, 5.74) is 0.308. The van der Waals surface area contributed by atoms with E-state index in [2.05, 4.69) is 0 Å². The number of hydrogen-bond acceptors (Lipinski definition) is 4. The van der Waals surface area contributed by atoms with Crippen molar-refractivity contribution in [3.63, 3.8) is 0 Å². The molecule has 8 heteroatoms. The minimum Gasteiger partial charge on any atom is -0.462 e. The van der Waals surface area contributed by atoms with Gasteiger partial charge >= 0.3 is 5.97 Å². The van der Waals surface area contributed by atoms with Gasteiger partial charge in [0, 0.05) is 19.0 Å². The van der Waals surface area contributed by atoms with Crippen LogP contribution in [-0.4, -0.2) is 42.7 Å². The zero-order chi connectivity index (χ0) is 17.4. The normalized spacial score (nSPS) is 23.7. The molecule has 1 atom stereocenters. The van der Waals surface area contributed by atoms with Gasteiger partial charge in [0.2, 0.25) is 10.0 Å². The Labute approximate surface area is 151 Å². The number of sulfonamides is 1. The van der Waals surface area contributed by atoms with E-state index >= 15 is 0 Å². The summed E-state index contributed by atoms with van der Waals surface area (Å²) < 4.78 is 31.0. The van der Waals surface area contributed by atoms with Crippen LogP contribution in [0, 0.1) is 5.92 Å². The monoisotopic (exact) mass is 391 g/mol. The molecule has 0 N–H and O–H groups in total. The van der Waals surface area contributed by atoms with Crippen LogP contribution in [0.1, 0.15) is 36.0 Å². The number of alkyl halides is 2. The maximum Gasteiger partial charge on any atom is 0.338 e. The summed E-state index contributed by atoms with van der Waals surface area (Å²) in [6.45, 7) is 1.26. The van der Waals surface area contributed by atoms with Gasteiger partial charge in [-0.15, -0.1) is 23.2 Å². The van der Waals surface area contributed by atoms with Gasteiger partial charge in [0.15, 0.2) is 0 Å². The van der Waals surface area contributed by atoms with E-state index in [-0.39, 0.29) is 17.4 Å². The van der Waals surface area contributed by atoms with Crippen molar-refractivity contribution >= 4 is 39.2 Å². The van der Waals surface area contributed by atoms with Gasteiger partial charge in [-0.3, -0.25) is 0 Å². The van der Waals surface area contributed by atoms with Crippen LogP contribution in [0.2, 0.25) is 0 Å². The van der Waals surface area contributed by atoms with E-state index in [1.54, 1.807) is 0 Å². The van der Waals surface area contributed by atoms with Crippen LogP contribution in [0.4, 0.5) is 0 Å². The van der Waals surface area contributed by atoms with Crippen molar-refractivity contribution in [3.8, 4) is 0 Å². The van der Waals surface area contributed by atoms with E-state index in [4.69, 9.17) is 27.9 Å². The molecule has 2 fully saturated rings. The van der Waals surface area contributed by atoms with Crippen molar-refractivity contribution in [1.82, 2.24) is 4.31 Å². The van der Waals surface area contributed by atoms with Crippen molar-refractivity contribution in [2.75, 3.05) is 19.7 Å². The maximum absolute atomic E-state index is 12.5. The first-order chi connectivity index (χ1) is 11.3. The van der Waals surface area contributed by atoms with Crippen LogP contribution in [0.5, 0.6) is 0 Å². The molecule has 0 aromatic heterocycles. The molecule has 0 bridgehead atoms. The van der Waals surface area contributed by atoms with Gasteiger partial charge in [0.05, 0.1) is 17.1 Å². The van der Waals surface area contributed by atoms with E-state index in [1.807, 2.05) is 0 Å². The lowest BCUT2D eigenvalue weighted by molar-refractivity contribution is 0.0485. The third-order valence-electron chi connectivity index (χ3n) is 4.41. The average Bonchev–Trinajstić information content (AvgIpc) is 3.20. The van der Waals surface area contributed by atoms with Crippen LogP contribution in [0.3, 0.4) is 0 Å². The van der Waals surface area contributed by atoms with Crippen LogP contribution in [0.25, 0.3) is 0 Å². The van der Waals surface area contributed by atoms with Gasteiger partial charge in [-0.05, 0) is 43.5 Å². The zero-order valence-corrected chi connectivity index (χ0v) is 15.4. The number of benzene rings is 1. The molecular formula is C16H19Cl2NO4S. The highest BCUT2D eigenvalue weighted by Crippen LogP contribution is 2.53. The Bertz CT molecular complexity index is 712. The highest BCUT2D eigenvalue weighted by molar-refractivity contribution is 7.89. The van der Waals surface area contributed by atoms with Crippen molar-refractivity contribution in [2.24, 2.45) is 5.92 Å². The Hall–Kier alpha value is -0.820. The number of carbonyl (C=O) groups is 1. The summed E-state index contributed by atoms with van der Waals surface area (Å²) in [4.78, 5) is 12.2. The molecule has 0 spiro atoms. The second-order valence-corrected chi connectivity index (χ2v) is 9.73. The predicted octanol–water partition coefficient (Wildman–Crippen LogP) is 3.21. The van der Waals surface area contributed by atoms with E-state index in [0.717, 1.165) is 19.3 Å². The lowest BCUT2D eigenvalue weighted by atomic mass is 10.2. The van der Waals surface area contributed by atoms with Gasteiger partial charge in [-0.25, -0.2) is 13.2 Å². The molecule has 0 amide bonds. The first-order valence-corrected chi connectivity index (χ1v) is 10.2. The Morgan fingerprint density at radius 2 is 1.75 bits per heavy atom. The van der Waals surface area contributed by atoms with Gasteiger partial charge in [-0.2, -0.15) is 4.31 Å². The Kier molecular flexibility index (Phi) is 5.12. The fourth-order valence-corrected chi connectivity index (χ4v) is 4.74. The van der Waals surface area contributed by atoms with Gasteiger partial charge < -0.3 is 4.74 Å². The molecule has 1 heterocycles. The molecule has 24 heavy (non-hydrogen) atoms. The molecule has 0 radical (unpaired) electrons. The van der Waals surface area contributed by atoms with E-state index in [1.165, 1.54) is 28.6 Å². The predicted molar refractivity (Wildman–Crippen MR) is 91.9 cm³/mol. The number of rotatable bonds is 5. The van der Waals surface area contributed by atoms with E-state index in [0.29, 0.717) is 25.1 Å². The second-order valence-electron chi connectivity index (χ2n) is 6.25. The number of nitrogens with zero attached hydrogens (tertiary/aromatic N) is 1. The maximum atomic E-state index is 12.5. The Balaban J connectivity index is 1.63. The number of halogens is 2. The Morgan fingerprint density at radius 3 is 2.29 bits per heavy atom. The highest BCUT2D eigenvalue weighted by Gasteiger charge is 2.52. The standard InChI is InChI=1S/C16H19Cl2NO4S/c17-16(18)10-13(16)11-23-15(20)12-4-6-14(7-5-12)24(21,22)19-8-2-1-3-9-19/h4-7,13H,1-3,8-11H2/t13-/m0/s1. The number of esters is 1. The summed E-state index contributed by atoms with van der Waals surface area (Å²) in [5.74, 6) is -0.545. The minimum atomic E-state index is -3.49. The van der Waals surface area contributed by atoms with E-state index < -0.39 is 20.3 Å². The van der Waals surface area contributed by atoms with Crippen molar-refractivity contribution in [3.05, 3.63) is 29.8 Å². The fraction of sp³-hybridized carbons (Fsp3) is 0.562. The number of carbonyl (C=O) groups excluding carboxylic acids is 1. The largest absolute Gasteiger partial charge is 0.462 e. The molecule has 1 aromatic rings. The first kappa shape index (κ1) is 18.0. The summed E-state index contributed by atoms with van der Waals surface area (Å²) >= 11 is 11.8. The molecule has 5 nitrogen and oxygen atoms in total. The lowest BCUT2D eigenvalue weighted by Gasteiger charge is -2.25. The SMILES string of the molecule is O=C(OC[C@@H]1CC1(Cl)Cl)c1ccc(S(=O)(=O)N2CCCCC2)cc1. The summed E-state index contributed by atoms with van der Waals surface area (Å²) in [7, 11) is -3.49. The van der Waals surface area contributed by atoms with Crippen LogP contribution in [-0.2, 0) is 14.8 Å². The van der Waals surface area contributed by atoms with Crippen molar-refractivity contribution in [2.45, 2.75) is 34.9 Å². The lowest BCUT2D eigenvalue weighted by Crippen LogP contribution is -2.35. The third-order valence-corrected chi connectivity index (χ3v) is 7.25. The quantitative estimate of drug-likeness (QED) is 0.570. The third kappa shape index (κ3) is 3.87. The van der Waals surface area contributed by atoms with Gasteiger partial charge in [0.1, 0.15) is 4.33 Å². The highest BCUT2D eigenvalue weighted by atomic mass is 35.5. The molecule has 1 saturated carbocycles. The van der Waals surface area contributed by atoms with Crippen molar-refractivity contribution < 1.29 is 17.9 Å². The number of ether oxygens (including phenoxy) is 1. The number of piperidine rings is 1. The zero-order valence-electron chi connectivity index (χ0n) is 13.1. The molecule has 1 aliphatic heterocycles. The molecule has 3 rings (SSSR count). The number of hydrogen-bond donors (Lipinski definition) is 0. The molecule has 2 aliphatic rings. The molecular weight excluding hydrogens is 373 g/mol. The first-order valence-electron chi connectivity index (χ1n) is 7.96. The molecule has 1 aliphatic carbocycles. The molecule has 0 unspecified atom stereocenters. The summed E-state index contributed by atoms with van der Waals surface area (Å²) in [5, 5.41) is 0. The summed E-state index contributed by atoms with van der Waals surface area (Å²) in [6, 6.07) is 5.84. The molecule has 1 aromatic carbocycles. The summed E-state index contributed by atoms with van der Waals surface area (Å²) in [6.07, 6.45) is 3.43. The topological polar surface area (TPSA) is 63.7 Å². The van der Waals surface area contributed by atoms with Gasteiger partial charge in [-0.1, -0.05) is 6.42 Å². The van der Waals surface area contributed by atoms with Crippen LogP contribution >= 0.6 is 23.2 Å². The molecule has 132 valence electrons. The Morgan fingerprint density at radius 1 is 1.17 bits per heavy atom.